The summed E-state index contributed by atoms with van der Waals surface area (Å²) in [5, 5.41) is 5.81. The van der Waals surface area contributed by atoms with Gasteiger partial charge in [-0.1, -0.05) is 17.3 Å². The number of anilines is 1. The van der Waals surface area contributed by atoms with Crippen molar-refractivity contribution in [3.8, 4) is 0 Å². The van der Waals surface area contributed by atoms with Crippen molar-refractivity contribution in [2.45, 2.75) is 0 Å². The lowest BCUT2D eigenvalue weighted by atomic mass is 10.2. The van der Waals surface area contributed by atoms with E-state index in [1.165, 1.54) is 18.3 Å². The maximum atomic E-state index is 11.3. The molecule has 0 aromatic heterocycles. The summed E-state index contributed by atoms with van der Waals surface area (Å²) in [5.74, 6) is -1.39. The molecule has 0 aliphatic rings. The van der Waals surface area contributed by atoms with Gasteiger partial charge in [0, 0.05) is 5.69 Å². The average Bonchev–Trinajstić information content (AvgIpc) is 2.36. The Morgan fingerprint density at radius 1 is 1.30 bits per heavy atom. The Balaban J connectivity index is 2.47. The van der Waals surface area contributed by atoms with Gasteiger partial charge >= 0.3 is 7.60 Å². The number of hydrogen-bond acceptors (Lipinski definition) is 6. The number of benzene rings is 1. The van der Waals surface area contributed by atoms with Crippen molar-refractivity contribution >= 4 is 35.5 Å². The minimum atomic E-state index is -4.41. The number of carbonyl (C=O) groups excluding carboxylic acids is 1. The van der Waals surface area contributed by atoms with E-state index in [4.69, 9.17) is 14.3 Å². The Hall–Kier alpha value is -1.78. The smallest absolute Gasteiger partial charge is 0.334 e. The molecule has 0 saturated carbocycles. The van der Waals surface area contributed by atoms with Crippen LogP contribution in [-0.2, 0) is 24.3 Å². The molecule has 0 bridgehead atoms. The zero-order valence-electron chi connectivity index (χ0n) is 11.7. The van der Waals surface area contributed by atoms with Crippen LogP contribution in [0.4, 0.5) is 5.69 Å². The highest BCUT2D eigenvalue weighted by Crippen LogP contribution is 2.33. The van der Waals surface area contributed by atoms with Crippen LogP contribution >= 0.6 is 7.60 Å². The zero-order valence-corrected chi connectivity index (χ0v) is 13.4. The maximum Gasteiger partial charge on any atom is 0.334 e. The second-order valence-electron chi connectivity index (χ2n) is 4.35. The van der Waals surface area contributed by atoms with E-state index in [2.05, 4.69) is 15.3 Å². The number of nitrogens with one attached hydrogen (secondary N) is 1. The minimum Gasteiger partial charge on any atom is -0.395 e. The van der Waals surface area contributed by atoms with Crippen molar-refractivity contribution in [2.24, 2.45) is 5.16 Å². The second-order valence-corrected chi connectivity index (χ2v) is 7.56. The molecule has 1 aromatic rings. The lowest BCUT2D eigenvalue weighted by molar-refractivity contribution is -0.114. The van der Waals surface area contributed by atoms with E-state index in [0.717, 1.165) is 0 Å². The molecule has 10 nitrogen and oxygen atoms in total. The van der Waals surface area contributed by atoms with Gasteiger partial charge in [0.25, 0.3) is 10.1 Å². The fourth-order valence-corrected chi connectivity index (χ4v) is 2.07. The van der Waals surface area contributed by atoms with Crippen molar-refractivity contribution in [1.82, 2.24) is 0 Å². The number of nitrogens with zero attached hydrogens (tertiary/aromatic N) is 1. The first-order valence-corrected chi connectivity index (χ1v) is 9.51. The van der Waals surface area contributed by atoms with Crippen molar-refractivity contribution < 1.29 is 37.0 Å². The SMILES string of the molecule is O=C(CP(=O)(O)O)Nc1ccc(/C=N/OCCS(=O)(=O)O)cc1. The third kappa shape index (κ3) is 9.76. The van der Waals surface area contributed by atoms with E-state index in [9.17, 15) is 17.8 Å². The van der Waals surface area contributed by atoms with Crippen LogP contribution in [0, 0.1) is 0 Å². The Morgan fingerprint density at radius 3 is 2.43 bits per heavy atom. The molecule has 0 aliphatic heterocycles. The van der Waals surface area contributed by atoms with Crippen LogP contribution in [-0.4, -0.2) is 53.4 Å². The summed E-state index contributed by atoms with van der Waals surface area (Å²) >= 11 is 0. The molecule has 0 unspecified atom stereocenters. The summed E-state index contributed by atoms with van der Waals surface area (Å²) in [6, 6.07) is 6.06. The van der Waals surface area contributed by atoms with Gasteiger partial charge < -0.3 is 19.9 Å². The van der Waals surface area contributed by atoms with E-state index in [-0.39, 0.29) is 6.61 Å². The first-order valence-electron chi connectivity index (χ1n) is 6.10. The highest BCUT2D eigenvalue weighted by molar-refractivity contribution is 7.85. The number of carbonyl (C=O) groups is 1. The number of oxime groups is 1. The van der Waals surface area contributed by atoms with Crippen LogP contribution in [0.2, 0.25) is 0 Å². The standard InChI is InChI=1S/C11H15N2O8PS/c14-11(8-22(15,16)17)13-10-3-1-9(2-4-10)7-12-21-5-6-23(18,19)20/h1-4,7H,5-6,8H2,(H,13,14)(H2,15,16,17)(H,18,19,20)/b12-7+. The second kappa shape index (κ2) is 8.18. The van der Waals surface area contributed by atoms with Crippen LogP contribution in [0.5, 0.6) is 0 Å². The molecule has 1 amide bonds. The highest BCUT2D eigenvalue weighted by atomic mass is 32.2. The van der Waals surface area contributed by atoms with Gasteiger partial charge in [0.05, 0.1) is 6.21 Å². The predicted molar refractivity (Wildman–Crippen MR) is 81.9 cm³/mol. The monoisotopic (exact) mass is 366 g/mol. The molecule has 0 radical (unpaired) electrons. The van der Waals surface area contributed by atoms with Gasteiger partial charge in [-0.3, -0.25) is 13.9 Å². The molecule has 1 aromatic carbocycles. The molecule has 23 heavy (non-hydrogen) atoms. The summed E-state index contributed by atoms with van der Waals surface area (Å²) in [6.45, 7) is -0.300. The molecule has 128 valence electrons. The van der Waals surface area contributed by atoms with Gasteiger partial charge in [-0.15, -0.1) is 0 Å². The Bertz CT molecular complexity index is 710. The topological polar surface area (TPSA) is 163 Å². The van der Waals surface area contributed by atoms with E-state index in [1.807, 2.05) is 0 Å². The first kappa shape index (κ1) is 19.3. The molecule has 0 fully saturated rings. The number of amides is 1. The molecular formula is C11H15N2O8PS. The molecule has 0 atom stereocenters. The summed E-state index contributed by atoms with van der Waals surface area (Å²) in [7, 11) is -8.51. The summed E-state index contributed by atoms with van der Waals surface area (Å²) in [4.78, 5) is 33.3. The summed E-state index contributed by atoms with van der Waals surface area (Å²) in [5.41, 5.74) is 0.915. The largest absolute Gasteiger partial charge is 0.395 e. The van der Waals surface area contributed by atoms with Gasteiger partial charge in [0.2, 0.25) is 5.91 Å². The van der Waals surface area contributed by atoms with Crippen molar-refractivity contribution in [2.75, 3.05) is 23.8 Å². The number of hydrogen-bond donors (Lipinski definition) is 4. The molecule has 12 heteroatoms. The van der Waals surface area contributed by atoms with Crippen LogP contribution in [0.3, 0.4) is 0 Å². The van der Waals surface area contributed by atoms with Crippen LogP contribution in [0.15, 0.2) is 29.4 Å². The molecule has 0 spiro atoms. The summed E-state index contributed by atoms with van der Waals surface area (Å²) < 4.78 is 40.0. The Morgan fingerprint density at radius 2 is 1.91 bits per heavy atom. The van der Waals surface area contributed by atoms with Gasteiger partial charge in [0.1, 0.15) is 18.5 Å². The van der Waals surface area contributed by atoms with E-state index >= 15 is 0 Å². The predicted octanol–water partition coefficient (Wildman–Crippen LogP) is 0.0411. The molecule has 1 rings (SSSR count). The normalized spacial score (nSPS) is 12.3. The maximum absolute atomic E-state index is 11.3. The van der Waals surface area contributed by atoms with Gasteiger partial charge in [-0.05, 0) is 17.7 Å². The van der Waals surface area contributed by atoms with Gasteiger partial charge in [-0.25, -0.2) is 0 Å². The zero-order chi connectivity index (χ0) is 17.5. The molecule has 0 saturated heterocycles. The third-order valence-electron chi connectivity index (χ3n) is 2.25. The average molecular weight is 366 g/mol. The van der Waals surface area contributed by atoms with E-state index < -0.39 is 35.5 Å². The van der Waals surface area contributed by atoms with Crippen molar-refractivity contribution in [3.63, 3.8) is 0 Å². The molecule has 0 heterocycles. The lowest BCUT2D eigenvalue weighted by Gasteiger charge is -2.06. The Kier molecular flexibility index (Phi) is 6.85. The van der Waals surface area contributed by atoms with E-state index in [1.54, 1.807) is 12.1 Å². The third-order valence-corrected chi connectivity index (χ3v) is 3.63. The van der Waals surface area contributed by atoms with Crippen molar-refractivity contribution in [3.05, 3.63) is 29.8 Å². The highest BCUT2D eigenvalue weighted by Gasteiger charge is 2.18. The van der Waals surface area contributed by atoms with Gasteiger partial charge in [-0.2, -0.15) is 8.42 Å². The first-order chi connectivity index (χ1) is 10.6. The lowest BCUT2D eigenvalue weighted by Crippen LogP contribution is -2.16. The Labute approximate surface area is 132 Å². The molecule has 4 N–H and O–H groups in total. The van der Waals surface area contributed by atoms with Crippen LogP contribution in [0.25, 0.3) is 0 Å². The van der Waals surface area contributed by atoms with Crippen LogP contribution < -0.4 is 5.32 Å². The van der Waals surface area contributed by atoms with E-state index in [0.29, 0.717) is 11.3 Å². The van der Waals surface area contributed by atoms with Crippen LogP contribution in [0.1, 0.15) is 5.56 Å². The van der Waals surface area contributed by atoms with Crippen molar-refractivity contribution in [1.29, 1.82) is 0 Å². The fourth-order valence-electron chi connectivity index (χ4n) is 1.33. The summed E-state index contributed by atoms with van der Waals surface area (Å²) in [6.07, 6.45) is 0.378. The minimum absolute atomic E-state index is 0.300. The molecular weight excluding hydrogens is 351 g/mol. The molecule has 0 aliphatic carbocycles. The fraction of sp³-hybridized carbons (Fsp3) is 0.273. The number of rotatable bonds is 8. The quantitative estimate of drug-likeness (QED) is 0.165. The van der Waals surface area contributed by atoms with Gasteiger partial charge in [0.15, 0.2) is 0 Å².